The summed E-state index contributed by atoms with van der Waals surface area (Å²) in [6.45, 7) is 5.51. The maximum Gasteiger partial charge on any atom is 0.341 e. The Labute approximate surface area is 88.7 Å². The van der Waals surface area contributed by atoms with Crippen LogP contribution in [-0.2, 0) is 10.5 Å². The second-order valence-electron chi connectivity index (χ2n) is 4.83. The normalized spacial score (nSPS) is 24.9. The molecule has 1 aliphatic heterocycles. The van der Waals surface area contributed by atoms with Crippen LogP contribution in [-0.4, -0.2) is 11.1 Å². The largest absolute Gasteiger partial charge is 0.425 e. The second-order valence-corrected chi connectivity index (χ2v) is 4.83. The van der Waals surface area contributed by atoms with E-state index >= 15 is 0 Å². The van der Waals surface area contributed by atoms with E-state index in [1.807, 2.05) is 20.8 Å². The first-order valence-corrected chi connectivity index (χ1v) is 4.91. The topological polar surface area (TPSA) is 46.5 Å². The molecule has 1 aromatic carbocycles. The maximum absolute atomic E-state index is 11.5. The molecule has 1 heterocycles. The zero-order chi connectivity index (χ0) is 11.3. The Balaban J connectivity index is 2.63. The maximum atomic E-state index is 11.5. The van der Waals surface area contributed by atoms with Crippen LogP contribution < -0.4 is 0 Å². The van der Waals surface area contributed by atoms with Crippen LogP contribution in [0.1, 0.15) is 36.7 Å². The molecule has 1 N–H and O–H groups in total. The highest BCUT2D eigenvalue weighted by Crippen LogP contribution is 2.46. The molecule has 2 rings (SSSR count). The van der Waals surface area contributed by atoms with Gasteiger partial charge in [0.2, 0.25) is 5.79 Å². The number of cyclic esters (lactones) is 1. The van der Waals surface area contributed by atoms with Gasteiger partial charge in [0.25, 0.3) is 0 Å². The van der Waals surface area contributed by atoms with Gasteiger partial charge >= 0.3 is 5.97 Å². The molecule has 1 unspecified atom stereocenters. The molecule has 0 aliphatic carbocycles. The van der Waals surface area contributed by atoms with E-state index in [0.717, 1.165) is 0 Å². The number of esters is 1. The van der Waals surface area contributed by atoms with E-state index in [9.17, 15) is 9.90 Å². The number of fused-ring (bicyclic) bond motifs is 1. The first kappa shape index (κ1) is 10.2. The Morgan fingerprint density at radius 1 is 1.27 bits per heavy atom. The average molecular weight is 206 g/mol. The highest BCUT2D eigenvalue weighted by molar-refractivity contribution is 5.94. The molecule has 0 bridgehead atoms. The number of rotatable bonds is 0. The van der Waals surface area contributed by atoms with Crippen LogP contribution >= 0.6 is 0 Å². The summed E-state index contributed by atoms with van der Waals surface area (Å²) in [5.41, 5.74) is 0.465. The molecule has 3 heteroatoms. The molecule has 0 fully saturated rings. The lowest BCUT2D eigenvalue weighted by Gasteiger charge is -2.35. The van der Waals surface area contributed by atoms with Crippen molar-refractivity contribution < 1.29 is 14.6 Å². The smallest absolute Gasteiger partial charge is 0.341 e. The van der Waals surface area contributed by atoms with E-state index in [2.05, 4.69) is 0 Å². The number of aliphatic hydroxyl groups is 1. The third-order valence-corrected chi connectivity index (χ3v) is 2.77. The fraction of sp³-hybridized carbons (Fsp3) is 0.417. The Hall–Kier alpha value is -1.35. The summed E-state index contributed by atoms with van der Waals surface area (Å²) in [5, 5.41) is 10.4. The summed E-state index contributed by atoms with van der Waals surface area (Å²) in [6, 6.07) is 6.94. The minimum Gasteiger partial charge on any atom is -0.425 e. The second kappa shape index (κ2) is 2.83. The first-order valence-electron chi connectivity index (χ1n) is 4.91. The van der Waals surface area contributed by atoms with Crippen LogP contribution in [0.3, 0.4) is 0 Å². The Kier molecular flexibility index (Phi) is 1.92. The van der Waals surface area contributed by atoms with Crippen molar-refractivity contribution in [1.29, 1.82) is 0 Å². The summed E-state index contributed by atoms with van der Waals surface area (Å²) in [5.74, 6) is -1.97. The van der Waals surface area contributed by atoms with Crippen molar-refractivity contribution in [2.45, 2.75) is 26.6 Å². The molecule has 0 radical (unpaired) electrons. The zero-order valence-electron chi connectivity index (χ0n) is 9.07. The molecule has 0 saturated carbocycles. The van der Waals surface area contributed by atoms with Gasteiger partial charge < -0.3 is 9.84 Å². The lowest BCUT2D eigenvalue weighted by atomic mass is 9.81. The zero-order valence-corrected chi connectivity index (χ0v) is 9.07. The minimum absolute atomic E-state index is 0.454. The third kappa shape index (κ3) is 1.27. The van der Waals surface area contributed by atoms with Crippen molar-refractivity contribution in [3.05, 3.63) is 35.4 Å². The van der Waals surface area contributed by atoms with Gasteiger partial charge in [-0.15, -0.1) is 0 Å². The number of hydrogen-bond acceptors (Lipinski definition) is 3. The van der Waals surface area contributed by atoms with Gasteiger partial charge in [0.05, 0.1) is 5.56 Å². The van der Waals surface area contributed by atoms with Gasteiger partial charge in [-0.25, -0.2) is 4.79 Å². The number of hydrogen-bond donors (Lipinski definition) is 1. The van der Waals surface area contributed by atoms with Crippen LogP contribution in [0.5, 0.6) is 0 Å². The van der Waals surface area contributed by atoms with E-state index < -0.39 is 17.2 Å². The van der Waals surface area contributed by atoms with Crippen molar-refractivity contribution in [1.82, 2.24) is 0 Å². The predicted octanol–water partition coefficient (Wildman–Crippen LogP) is 2.05. The van der Waals surface area contributed by atoms with Gasteiger partial charge in [0.15, 0.2) is 0 Å². The van der Waals surface area contributed by atoms with Gasteiger partial charge in [0, 0.05) is 11.0 Å². The molecule has 1 aliphatic rings. The summed E-state index contributed by atoms with van der Waals surface area (Å²) < 4.78 is 5.10. The molecular formula is C12H14O3. The summed E-state index contributed by atoms with van der Waals surface area (Å²) in [7, 11) is 0. The minimum atomic E-state index is -1.51. The molecule has 0 spiro atoms. The van der Waals surface area contributed by atoms with Crippen molar-refractivity contribution >= 4 is 5.97 Å². The monoisotopic (exact) mass is 206 g/mol. The molecule has 0 amide bonds. The highest BCUT2D eigenvalue weighted by atomic mass is 16.7. The van der Waals surface area contributed by atoms with Crippen LogP contribution in [0.15, 0.2) is 24.3 Å². The molecule has 15 heavy (non-hydrogen) atoms. The number of ether oxygens (including phenoxy) is 1. The van der Waals surface area contributed by atoms with Crippen LogP contribution in [0, 0.1) is 5.41 Å². The van der Waals surface area contributed by atoms with Gasteiger partial charge in [-0.05, 0) is 6.07 Å². The number of benzene rings is 1. The van der Waals surface area contributed by atoms with Crippen LogP contribution in [0.4, 0.5) is 0 Å². The quantitative estimate of drug-likeness (QED) is 0.661. The van der Waals surface area contributed by atoms with Crippen LogP contribution in [0.25, 0.3) is 0 Å². The van der Waals surface area contributed by atoms with Gasteiger partial charge in [0.1, 0.15) is 0 Å². The van der Waals surface area contributed by atoms with E-state index in [1.54, 1.807) is 24.3 Å². The molecular weight excluding hydrogens is 192 g/mol. The molecule has 3 nitrogen and oxygen atoms in total. The average Bonchev–Trinajstić information content (AvgIpc) is 2.41. The lowest BCUT2D eigenvalue weighted by Crippen LogP contribution is -2.40. The van der Waals surface area contributed by atoms with Crippen LogP contribution in [0.2, 0.25) is 0 Å². The van der Waals surface area contributed by atoms with Gasteiger partial charge in [-0.2, -0.15) is 0 Å². The van der Waals surface area contributed by atoms with Crippen molar-refractivity contribution in [2.24, 2.45) is 5.41 Å². The van der Waals surface area contributed by atoms with E-state index in [-0.39, 0.29) is 0 Å². The molecule has 1 aromatic rings. The van der Waals surface area contributed by atoms with Gasteiger partial charge in [-0.3, -0.25) is 0 Å². The molecule has 0 aromatic heterocycles. The fourth-order valence-electron chi connectivity index (χ4n) is 1.76. The highest BCUT2D eigenvalue weighted by Gasteiger charge is 2.52. The Bertz CT molecular complexity index is 417. The standard InChI is InChI=1S/C12H14O3/c1-11(2,3)12(14)9-7-5-4-6-8(9)10(13)15-12/h4-7,14H,1-3H3. The Morgan fingerprint density at radius 2 is 1.87 bits per heavy atom. The van der Waals surface area contributed by atoms with Crippen molar-refractivity contribution in [3.63, 3.8) is 0 Å². The van der Waals surface area contributed by atoms with E-state index in [0.29, 0.717) is 11.1 Å². The van der Waals surface area contributed by atoms with Crippen molar-refractivity contribution in [2.75, 3.05) is 0 Å². The Morgan fingerprint density at radius 3 is 2.47 bits per heavy atom. The SMILES string of the molecule is CC(C)(C)C1(O)OC(=O)c2ccccc21. The molecule has 1 atom stereocenters. The van der Waals surface area contributed by atoms with E-state index in [1.165, 1.54) is 0 Å². The van der Waals surface area contributed by atoms with Crippen molar-refractivity contribution in [3.8, 4) is 0 Å². The molecule has 0 saturated heterocycles. The fourth-order valence-corrected chi connectivity index (χ4v) is 1.76. The third-order valence-electron chi connectivity index (χ3n) is 2.77. The van der Waals surface area contributed by atoms with E-state index in [4.69, 9.17) is 4.74 Å². The summed E-state index contributed by atoms with van der Waals surface area (Å²) in [6.07, 6.45) is 0. The predicted molar refractivity (Wildman–Crippen MR) is 55.2 cm³/mol. The number of carbonyl (C=O) groups is 1. The summed E-state index contributed by atoms with van der Waals surface area (Å²) in [4.78, 5) is 11.5. The number of carbonyl (C=O) groups excluding carboxylic acids is 1. The lowest BCUT2D eigenvalue weighted by molar-refractivity contribution is -0.228. The van der Waals surface area contributed by atoms with Gasteiger partial charge in [-0.1, -0.05) is 39.0 Å². The summed E-state index contributed by atoms with van der Waals surface area (Å²) >= 11 is 0. The molecule has 80 valence electrons. The first-order chi connectivity index (χ1) is 6.86.